The second-order valence-corrected chi connectivity index (χ2v) is 5.11. The standard InChI is InChI=1S/C16H12ClN3O3/c1-23-14-7-13(11(17)6-10(14)16(21)22)20-15-9-4-2-3-5-12(9)18-8-19-15/h2-8H,1H3,(H,21,22)(H,18,19,20). The molecule has 1 aromatic heterocycles. The van der Waals surface area contributed by atoms with Gasteiger partial charge in [-0.2, -0.15) is 0 Å². The zero-order valence-corrected chi connectivity index (χ0v) is 12.8. The van der Waals surface area contributed by atoms with Gasteiger partial charge in [-0.25, -0.2) is 14.8 Å². The summed E-state index contributed by atoms with van der Waals surface area (Å²) in [6.07, 6.45) is 1.45. The number of nitrogens with zero attached hydrogens (tertiary/aromatic N) is 2. The van der Waals surface area contributed by atoms with E-state index in [1.807, 2.05) is 24.3 Å². The van der Waals surface area contributed by atoms with Crippen molar-refractivity contribution in [1.29, 1.82) is 0 Å². The summed E-state index contributed by atoms with van der Waals surface area (Å²) in [5, 5.41) is 13.3. The topological polar surface area (TPSA) is 84.3 Å². The summed E-state index contributed by atoms with van der Waals surface area (Å²) in [7, 11) is 1.40. The van der Waals surface area contributed by atoms with Crippen molar-refractivity contribution >= 4 is 40.0 Å². The molecule has 0 saturated heterocycles. The lowest BCUT2D eigenvalue weighted by molar-refractivity contribution is 0.0693. The number of fused-ring (bicyclic) bond motifs is 1. The van der Waals surface area contributed by atoms with Crippen molar-refractivity contribution in [3.8, 4) is 5.75 Å². The summed E-state index contributed by atoms with van der Waals surface area (Å²) < 4.78 is 5.12. The van der Waals surface area contributed by atoms with Crippen molar-refractivity contribution in [2.75, 3.05) is 12.4 Å². The fourth-order valence-corrected chi connectivity index (χ4v) is 2.43. The average molecular weight is 330 g/mol. The Kier molecular flexibility index (Phi) is 3.99. The van der Waals surface area contributed by atoms with Crippen LogP contribution in [0, 0.1) is 0 Å². The van der Waals surface area contributed by atoms with Crippen LogP contribution in [0.15, 0.2) is 42.7 Å². The Balaban J connectivity index is 2.07. The van der Waals surface area contributed by atoms with E-state index < -0.39 is 5.97 Å². The number of rotatable bonds is 4. The molecule has 0 unspecified atom stereocenters. The highest BCUT2D eigenvalue weighted by Crippen LogP contribution is 2.33. The number of aromatic carboxylic acids is 1. The van der Waals surface area contributed by atoms with Gasteiger partial charge in [0.15, 0.2) is 0 Å². The van der Waals surface area contributed by atoms with Gasteiger partial charge in [0.05, 0.1) is 23.3 Å². The van der Waals surface area contributed by atoms with Crippen LogP contribution in [0.3, 0.4) is 0 Å². The first kappa shape index (κ1) is 15.1. The Bertz CT molecular complexity index is 894. The summed E-state index contributed by atoms with van der Waals surface area (Å²) in [4.78, 5) is 19.6. The van der Waals surface area contributed by atoms with Crippen molar-refractivity contribution in [3.05, 3.63) is 53.3 Å². The van der Waals surface area contributed by atoms with Crippen LogP contribution in [-0.4, -0.2) is 28.2 Å². The number of hydrogen-bond donors (Lipinski definition) is 2. The number of halogens is 1. The zero-order valence-electron chi connectivity index (χ0n) is 12.1. The van der Waals surface area contributed by atoms with Gasteiger partial charge in [0.25, 0.3) is 0 Å². The number of aromatic nitrogens is 2. The molecule has 23 heavy (non-hydrogen) atoms. The van der Waals surface area contributed by atoms with Gasteiger partial charge in [-0.1, -0.05) is 23.7 Å². The Hall–Kier alpha value is -2.86. The minimum atomic E-state index is -1.11. The number of nitrogens with one attached hydrogen (secondary N) is 1. The lowest BCUT2D eigenvalue weighted by Gasteiger charge is -2.13. The Labute approximate surface area is 136 Å². The van der Waals surface area contributed by atoms with E-state index in [9.17, 15) is 4.79 Å². The van der Waals surface area contributed by atoms with E-state index in [1.165, 1.54) is 25.6 Å². The van der Waals surface area contributed by atoms with Crippen LogP contribution in [0.25, 0.3) is 10.9 Å². The second-order valence-electron chi connectivity index (χ2n) is 4.70. The molecule has 3 aromatic rings. The van der Waals surface area contributed by atoms with Crippen LogP contribution < -0.4 is 10.1 Å². The lowest BCUT2D eigenvalue weighted by atomic mass is 10.1. The highest BCUT2D eigenvalue weighted by atomic mass is 35.5. The predicted molar refractivity (Wildman–Crippen MR) is 87.8 cm³/mol. The fraction of sp³-hybridized carbons (Fsp3) is 0.0625. The van der Waals surface area contributed by atoms with Gasteiger partial charge in [0.2, 0.25) is 0 Å². The number of methoxy groups -OCH3 is 1. The zero-order chi connectivity index (χ0) is 16.4. The second kappa shape index (κ2) is 6.10. The largest absolute Gasteiger partial charge is 0.496 e. The summed E-state index contributed by atoms with van der Waals surface area (Å²) in [5.74, 6) is -0.326. The normalized spacial score (nSPS) is 10.5. The molecule has 2 aromatic carbocycles. The van der Waals surface area contributed by atoms with Gasteiger partial charge in [-0.15, -0.1) is 0 Å². The minimum absolute atomic E-state index is 0.00408. The van der Waals surface area contributed by atoms with E-state index in [0.29, 0.717) is 11.5 Å². The molecule has 0 radical (unpaired) electrons. The summed E-state index contributed by atoms with van der Waals surface area (Å²) >= 11 is 6.18. The third-order valence-corrected chi connectivity index (χ3v) is 3.63. The number of benzene rings is 2. The molecule has 1 heterocycles. The van der Waals surface area contributed by atoms with Crippen LogP contribution in [0.5, 0.6) is 5.75 Å². The van der Waals surface area contributed by atoms with E-state index in [2.05, 4.69) is 15.3 Å². The smallest absolute Gasteiger partial charge is 0.339 e. The number of carboxylic acids is 1. The van der Waals surface area contributed by atoms with Crippen LogP contribution in [0.1, 0.15) is 10.4 Å². The summed E-state index contributed by atoms with van der Waals surface area (Å²) in [6, 6.07) is 10.4. The van der Waals surface area contributed by atoms with Gasteiger partial charge < -0.3 is 15.2 Å². The minimum Gasteiger partial charge on any atom is -0.496 e. The summed E-state index contributed by atoms with van der Waals surface area (Å²) in [6.45, 7) is 0. The third kappa shape index (κ3) is 2.89. The Morgan fingerprint density at radius 1 is 1.26 bits per heavy atom. The van der Waals surface area contributed by atoms with Crippen molar-refractivity contribution < 1.29 is 14.6 Å². The van der Waals surface area contributed by atoms with Crippen molar-refractivity contribution in [2.45, 2.75) is 0 Å². The number of para-hydroxylation sites is 1. The van der Waals surface area contributed by atoms with Crippen molar-refractivity contribution in [1.82, 2.24) is 9.97 Å². The highest BCUT2D eigenvalue weighted by molar-refractivity contribution is 6.33. The molecule has 0 spiro atoms. The Morgan fingerprint density at radius 3 is 2.78 bits per heavy atom. The maximum Gasteiger partial charge on any atom is 0.339 e. The maximum atomic E-state index is 11.2. The number of hydrogen-bond acceptors (Lipinski definition) is 5. The summed E-state index contributed by atoms with van der Waals surface area (Å²) in [5.41, 5.74) is 1.28. The molecular weight excluding hydrogens is 318 g/mol. The monoisotopic (exact) mass is 329 g/mol. The number of carboxylic acid groups (broad SMARTS) is 1. The van der Waals surface area contributed by atoms with E-state index in [4.69, 9.17) is 21.4 Å². The molecule has 3 rings (SSSR count). The third-order valence-electron chi connectivity index (χ3n) is 3.32. The SMILES string of the molecule is COc1cc(Nc2ncnc3ccccc23)c(Cl)cc1C(=O)O. The van der Waals surface area contributed by atoms with Crippen LogP contribution in [-0.2, 0) is 0 Å². The first-order valence-corrected chi connectivity index (χ1v) is 7.05. The molecule has 0 fully saturated rings. The molecule has 0 aliphatic heterocycles. The molecule has 0 bridgehead atoms. The van der Waals surface area contributed by atoms with E-state index in [0.717, 1.165) is 10.9 Å². The molecule has 116 valence electrons. The highest BCUT2D eigenvalue weighted by Gasteiger charge is 2.16. The number of carbonyl (C=O) groups is 1. The maximum absolute atomic E-state index is 11.2. The van der Waals surface area contributed by atoms with Gasteiger partial charge in [-0.3, -0.25) is 0 Å². The van der Waals surface area contributed by atoms with Gasteiger partial charge in [0, 0.05) is 11.5 Å². The average Bonchev–Trinajstić information content (AvgIpc) is 2.56. The van der Waals surface area contributed by atoms with Crippen LogP contribution in [0.4, 0.5) is 11.5 Å². The number of anilines is 2. The van der Waals surface area contributed by atoms with E-state index >= 15 is 0 Å². The molecular formula is C16H12ClN3O3. The van der Waals surface area contributed by atoms with Crippen molar-refractivity contribution in [2.24, 2.45) is 0 Å². The first-order valence-electron chi connectivity index (χ1n) is 6.67. The first-order chi connectivity index (χ1) is 11.1. The molecule has 0 atom stereocenters. The van der Waals surface area contributed by atoms with Gasteiger partial charge >= 0.3 is 5.97 Å². The molecule has 7 heteroatoms. The molecule has 0 saturated carbocycles. The lowest BCUT2D eigenvalue weighted by Crippen LogP contribution is -2.03. The van der Waals surface area contributed by atoms with Gasteiger partial charge in [0.1, 0.15) is 23.5 Å². The predicted octanol–water partition coefficient (Wildman–Crippen LogP) is 3.73. The van der Waals surface area contributed by atoms with Crippen molar-refractivity contribution in [3.63, 3.8) is 0 Å². The molecule has 2 N–H and O–H groups in total. The molecule has 0 aliphatic carbocycles. The molecule has 0 amide bonds. The van der Waals surface area contributed by atoms with E-state index in [1.54, 1.807) is 0 Å². The fourth-order valence-electron chi connectivity index (χ4n) is 2.22. The quantitative estimate of drug-likeness (QED) is 0.758. The Morgan fingerprint density at radius 2 is 2.04 bits per heavy atom. The molecule has 0 aliphatic rings. The van der Waals surface area contributed by atoms with Gasteiger partial charge in [-0.05, 0) is 18.2 Å². The number of ether oxygens (including phenoxy) is 1. The van der Waals surface area contributed by atoms with Crippen LogP contribution in [0.2, 0.25) is 5.02 Å². The van der Waals surface area contributed by atoms with Crippen LogP contribution >= 0.6 is 11.6 Å². The molecule has 6 nitrogen and oxygen atoms in total. The van der Waals surface area contributed by atoms with E-state index in [-0.39, 0.29) is 16.3 Å².